The van der Waals surface area contributed by atoms with E-state index in [2.05, 4.69) is 11.9 Å². The summed E-state index contributed by atoms with van der Waals surface area (Å²) in [5.41, 5.74) is 3.41. The second-order valence-corrected chi connectivity index (χ2v) is 9.35. The van der Waals surface area contributed by atoms with Gasteiger partial charge in [0.2, 0.25) is 0 Å². The number of ether oxygens (including phenoxy) is 1. The number of hydrogen-bond acceptors (Lipinski definition) is 5. The number of aromatic nitrogens is 1. The van der Waals surface area contributed by atoms with Crippen molar-refractivity contribution in [2.24, 2.45) is 0 Å². The largest absolute Gasteiger partial charge is 0.490 e. The number of aryl methyl sites for hydroxylation is 2. The van der Waals surface area contributed by atoms with E-state index in [-0.39, 0.29) is 15.8 Å². The van der Waals surface area contributed by atoms with Crippen LogP contribution in [-0.2, 0) is 4.79 Å². The van der Waals surface area contributed by atoms with E-state index >= 15 is 0 Å². The molecule has 4 aromatic rings. The lowest BCUT2D eigenvalue weighted by Crippen LogP contribution is -2.32. The van der Waals surface area contributed by atoms with Crippen molar-refractivity contribution in [2.75, 3.05) is 11.9 Å². The number of thiazole rings is 1. The SMILES string of the molecule is C=CCOc1ccc(C=c2s/c(=C(\C#N)C(=O)Nc3ccc(C)cc3)n(-c3ccccc3C)c2=O)cc1. The molecule has 0 saturated heterocycles. The quantitative estimate of drug-likeness (QED) is 0.380. The molecule has 0 unspecified atom stereocenters. The molecule has 37 heavy (non-hydrogen) atoms. The molecule has 3 aromatic carbocycles. The molecule has 0 aliphatic carbocycles. The van der Waals surface area contributed by atoms with Gasteiger partial charge in [-0.25, -0.2) is 0 Å². The number of rotatable bonds is 7. The molecular weight excluding hydrogens is 482 g/mol. The first-order valence-electron chi connectivity index (χ1n) is 11.6. The number of anilines is 1. The molecule has 0 aliphatic rings. The number of nitrogens with one attached hydrogen (secondary N) is 1. The molecule has 1 aromatic heterocycles. The van der Waals surface area contributed by atoms with E-state index in [0.29, 0.717) is 28.3 Å². The number of benzene rings is 3. The van der Waals surface area contributed by atoms with Gasteiger partial charge in [-0.3, -0.25) is 14.2 Å². The van der Waals surface area contributed by atoms with E-state index in [1.807, 2.05) is 74.5 Å². The molecule has 0 saturated carbocycles. The predicted octanol–water partition coefficient (Wildman–Crippen LogP) is 4.22. The summed E-state index contributed by atoms with van der Waals surface area (Å²) in [5.74, 6) is 0.110. The summed E-state index contributed by atoms with van der Waals surface area (Å²) in [6.07, 6.45) is 3.41. The Morgan fingerprint density at radius 1 is 1.08 bits per heavy atom. The van der Waals surface area contributed by atoms with E-state index in [1.54, 1.807) is 30.4 Å². The lowest BCUT2D eigenvalue weighted by Gasteiger charge is -2.08. The first-order valence-corrected chi connectivity index (χ1v) is 12.4. The second-order valence-electron chi connectivity index (χ2n) is 8.32. The monoisotopic (exact) mass is 507 g/mol. The van der Waals surface area contributed by atoms with Crippen molar-refractivity contribution < 1.29 is 9.53 Å². The highest BCUT2D eigenvalue weighted by atomic mass is 32.1. The molecule has 0 radical (unpaired) electrons. The summed E-state index contributed by atoms with van der Waals surface area (Å²) in [6.45, 7) is 7.87. The lowest BCUT2D eigenvalue weighted by atomic mass is 10.2. The van der Waals surface area contributed by atoms with Crippen LogP contribution in [0.2, 0.25) is 0 Å². The molecule has 6 nitrogen and oxygen atoms in total. The van der Waals surface area contributed by atoms with Gasteiger partial charge in [0.25, 0.3) is 11.5 Å². The minimum absolute atomic E-state index is 0.140. The van der Waals surface area contributed by atoms with Crippen molar-refractivity contribution in [3.05, 3.63) is 122 Å². The Labute approximate surface area is 218 Å². The number of nitriles is 1. The Morgan fingerprint density at radius 3 is 2.43 bits per heavy atom. The van der Waals surface area contributed by atoms with Crippen LogP contribution in [0.15, 0.2) is 90.2 Å². The van der Waals surface area contributed by atoms with Crippen molar-refractivity contribution in [3.63, 3.8) is 0 Å². The van der Waals surface area contributed by atoms with Crippen LogP contribution < -0.4 is 24.8 Å². The molecule has 0 aliphatic heterocycles. The van der Waals surface area contributed by atoms with Crippen molar-refractivity contribution in [3.8, 4) is 17.5 Å². The van der Waals surface area contributed by atoms with Crippen LogP contribution >= 0.6 is 11.3 Å². The molecule has 0 bridgehead atoms. The average Bonchev–Trinajstić information content (AvgIpc) is 3.20. The number of carbonyl (C=O) groups is 1. The number of amides is 1. The molecule has 184 valence electrons. The minimum atomic E-state index is -0.579. The van der Waals surface area contributed by atoms with Crippen LogP contribution in [0.4, 0.5) is 5.69 Å². The molecule has 0 spiro atoms. The van der Waals surface area contributed by atoms with Gasteiger partial charge in [0.15, 0.2) is 5.57 Å². The standard InChI is InChI=1S/C30H25N3O3S/c1-4-17-36-24-15-11-22(12-16-24)18-27-29(35)33(26-8-6-5-7-21(26)3)30(37-27)25(19-31)28(34)32-23-13-9-20(2)10-14-23/h4-16,18H,1,17H2,2-3H3,(H,32,34)/b27-18?,30-25+. The minimum Gasteiger partial charge on any atom is -0.490 e. The van der Waals surface area contributed by atoms with Gasteiger partial charge in [-0.1, -0.05) is 60.7 Å². The van der Waals surface area contributed by atoms with Crippen LogP contribution in [0.1, 0.15) is 16.7 Å². The third kappa shape index (κ3) is 5.77. The van der Waals surface area contributed by atoms with Crippen molar-refractivity contribution in [1.82, 2.24) is 4.57 Å². The van der Waals surface area contributed by atoms with E-state index in [9.17, 15) is 14.9 Å². The Hall–Kier alpha value is -4.67. The molecule has 1 amide bonds. The summed E-state index contributed by atoms with van der Waals surface area (Å²) in [6, 6.07) is 24.0. The van der Waals surface area contributed by atoms with Crippen molar-refractivity contribution in [2.45, 2.75) is 13.8 Å². The van der Waals surface area contributed by atoms with Gasteiger partial charge >= 0.3 is 0 Å². The Kier molecular flexibility index (Phi) is 7.82. The maximum Gasteiger partial charge on any atom is 0.273 e. The predicted molar refractivity (Wildman–Crippen MR) is 148 cm³/mol. The summed E-state index contributed by atoms with van der Waals surface area (Å²) in [5, 5.41) is 12.8. The van der Waals surface area contributed by atoms with Gasteiger partial charge in [0.1, 0.15) is 23.1 Å². The van der Waals surface area contributed by atoms with Gasteiger partial charge < -0.3 is 10.1 Å². The Morgan fingerprint density at radius 2 is 1.78 bits per heavy atom. The number of carbonyl (C=O) groups excluding carboxylic acids is 1. The summed E-state index contributed by atoms with van der Waals surface area (Å²) < 4.78 is 7.64. The van der Waals surface area contributed by atoms with E-state index in [4.69, 9.17) is 4.74 Å². The van der Waals surface area contributed by atoms with Crippen molar-refractivity contribution in [1.29, 1.82) is 5.26 Å². The second kappa shape index (κ2) is 11.4. The van der Waals surface area contributed by atoms with Gasteiger partial charge in [-0.2, -0.15) is 5.26 Å². The van der Waals surface area contributed by atoms with E-state index < -0.39 is 5.91 Å². The van der Waals surface area contributed by atoms with E-state index in [0.717, 1.165) is 28.0 Å². The molecule has 0 atom stereocenters. The van der Waals surface area contributed by atoms with Crippen LogP contribution in [0.25, 0.3) is 17.3 Å². The zero-order chi connectivity index (χ0) is 26.4. The lowest BCUT2D eigenvalue weighted by molar-refractivity contribution is -0.111. The summed E-state index contributed by atoms with van der Waals surface area (Å²) in [4.78, 5) is 26.8. The first kappa shape index (κ1) is 25.4. The Bertz CT molecular complexity index is 1670. The van der Waals surface area contributed by atoms with E-state index in [1.165, 1.54) is 4.57 Å². The van der Waals surface area contributed by atoms with Crippen LogP contribution in [0.3, 0.4) is 0 Å². The normalized spacial score (nSPS) is 12.0. The fraction of sp³-hybridized carbons (Fsp3) is 0.100. The highest BCUT2D eigenvalue weighted by Gasteiger charge is 2.18. The highest BCUT2D eigenvalue weighted by Crippen LogP contribution is 2.14. The molecular formula is C30H25N3O3S. The molecule has 7 heteroatoms. The number of para-hydroxylation sites is 1. The Balaban J connectivity index is 1.89. The zero-order valence-electron chi connectivity index (χ0n) is 20.5. The summed E-state index contributed by atoms with van der Waals surface area (Å²) >= 11 is 1.11. The fourth-order valence-corrected chi connectivity index (χ4v) is 4.77. The zero-order valence-corrected chi connectivity index (χ0v) is 21.3. The third-order valence-electron chi connectivity index (χ3n) is 5.59. The van der Waals surface area contributed by atoms with Crippen molar-refractivity contribution >= 4 is 34.6 Å². The highest BCUT2D eigenvalue weighted by molar-refractivity contribution is 7.07. The van der Waals surface area contributed by atoms with Gasteiger partial charge in [-0.05, 0) is 61.4 Å². The number of nitrogens with zero attached hydrogens (tertiary/aromatic N) is 2. The maximum absolute atomic E-state index is 13.6. The van der Waals surface area contributed by atoms with Crippen LogP contribution in [0.5, 0.6) is 5.75 Å². The van der Waals surface area contributed by atoms with Crippen LogP contribution in [0, 0.1) is 25.2 Å². The van der Waals surface area contributed by atoms with Gasteiger partial charge in [-0.15, -0.1) is 11.3 Å². The molecule has 4 rings (SSSR count). The molecule has 1 heterocycles. The van der Waals surface area contributed by atoms with Gasteiger partial charge in [0.05, 0.1) is 10.2 Å². The maximum atomic E-state index is 13.6. The fourth-order valence-electron chi connectivity index (χ4n) is 3.68. The molecule has 1 N–H and O–H groups in total. The summed E-state index contributed by atoms with van der Waals surface area (Å²) in [7, 11) is 0. The third-order valence-corrected chi connectivity index (χ3v) is 6.68. The average molecular weight is 508 g/mol. The molecule has 0 fully saturated rings. The van der Waals surface area contributed by atoms with Crippen LogP contribution in [-0.4, -0.2) is 17.1 Å². The number of hydrogen-bond donors (Lipinski definition) is 1. The smallest absolute Gasteiger partial charge is 0.273 e. The first-order chi connectivity index (χ1) is 17.9. The van der Waals surface area contributed by atoms with Gasteiger partial charge in [0, 0.05) is 5.69 Å². The topological polar surface area (TPSA) is 84.1 Å².